The molecule has 0 aliphatic heterocycles. The van der Waals surface area contributed by atoms with Crippen LogP contribution in [0.5, 0.6) is 17.2 Å². The minimum absolute atomic E-state index is 0.285. The number of aldehydes is 1. The maximum atomic E-state index is 11.8. The Morgan fingerprint density at radius 3 is 1.76 bits per heavy atom. The van der Waals surface area contributed by atoms with Crippen LogP contribution in [0.4, 0.5) is 0 Å². The molecular formula is C29H28N2O6. The molecule has 0 fully saturated rings. The lowest BCUT2D eigenvalue weighted by Crippen LogP contribution is -2.09. The SMILES string of the molecule is C=C(C)C(=O)Oc1ccc(-c2cnc(-c3ccc(OC(=O)C(=C)C)c(OC)c3)nc2)cc1.C=C(C)C=O. The third-order valence-corrected chi connectivity index (χ3v) is 4.57. The van der Waals surface area contributed by atoms with Gasteiger partial charge in [0.25, 0.3) is 0 Å². The molecule has 2 aromatic carbocycles. The lowest BCUT2D eigenvalue weighted by molar-refractivity contribution is -0.131. The minimum Gasteiger partial charge on any atom is -0.493 e. The van der Waals surface area contributed by atoms with Crippen LogP contribution < -0.4 is 14.2 Å². The van der Waals surface area contributed by atoms with Gasteiger partial charge >= 0.3 is 11.9 Å². The summed E-state index contributed by atoms with van der Waals surface area (Å²) < 4.78 is 15.8. The van der Waals surface area contributed by atoms with Crippen LogP contribution in [0.1, 0.15) is 20.8 Å². The summed E-state index contributed by atoms with van der Waals surface area (Å²) in [6.07, 6.45) is 4.11. The number of rotatable bonds is 8. The molecule has 0 spiro atoms. The summed E-state index contributed by atoms with van der Waals surface area (Å²) in [6, 6.07) is 12.1. The zero-order valence-corrected chi connectivity index (χ0v) is 21.2. The first-order chi connectivity index (χ1) is 17.5. The molecule has 0 aliphatic rings. The van der Waals surface area contributed by atoms with Gasteiger partial charge in [-0.25, -0.2) is 19.6 Å². The number of carbonyl (C=O) groups is 3. The van der Waals surface area contributed by atoms with Gasteiger partial charge in [0.05, 0.1) is 7.11 Å². The van der Waals surface area contributed by atoms with E-state index in [1.54, 1.807) is 63.5 Å². The predicted octanol–water partition coefficient (Wildman–Crippen LogP) is 5.54. The number of allylic oxidation sites excluding steroid dienone is 1. The second kappa shape index (κ2) is 13.3. The number of benzene rings is 2. The Kier molecular flexibility index (Phi) is 10.2. The molecule has 8 heteroatoms. The Balaban J connectivity index is 0.000000877. The van der Waals surface area contributed by atoms with Gasteiger partial charge in [0.2, 0.25) is 0 Å². The molecule has 3 aromatic rings. The Bertz CT molecular complexity index is 1330. The summed E-state index contributed by atoms with van der Waals surface area (Å²) >= 11 is 0. The molecule has 0 saturated carbocycles. The Morgan fingerprint density at radius 2 is 1.27 bits per heavy atom. The van der Waals surface area contributed by atoms with E-state index >= 15 is 0 Å². The number of hydrogen-bond acceptors (Lipinski definition) is 8. The predicted molar refractivity (Wildman–Crippen MR) is 141 cm³/mol. The van der Waals surface area contributed by atoms with E-state index in [4.69, 9.17) is 14.2 Å². The summed E-state index contributed by atoms with van der Waals surface area (Å²) in [5.74, 6) is 0.576. The van der Waals surface area contributed by atoms with Crippen molar-refractivity contribution in [2.75, 3.05) is 7.11 Å². The maximum Gasteiger partial charge on any atom is 0.338 e. The van der Waals surface area contributed by atoms with E-state index in [2.05, 4.69) is 29.7 Å². The zero-order valence-electron chi connectivity index (χ0n) is 21.2. The van der Waals surface area contributed by atoms with Crippen molar-refractivity contribution in [1.82, 2.24) is 9.97 Å². The molecule has 190 valence electrons. The standard InChI is InChI=1S/C25H22N2O5.C4H6O/c1-15(2)24(28)31-20-9-6-17(7-10-20)19-13-26-23(27-14-19)18-8-11-21(22(12-18)30-5)32-25(29)16(3)4;1-4(2)3-5/h6-14H,1,3H2,2,4-5H3;3H,1H2,2H3. The average molecular weight is 501 g/mol. The van der Waals surface area contributed by atoms with Crippen molar-refractivity contribution in [3.8, 4) is 39.8 Å². The number of esters is 2. The normalized spacial score (nSPS) is 9.73. The smallest absolute Gasteiger partial charge is 0.338 e. The summed E-state index contributed by atoms with van der Waals surface area (Å²) in [7, 11) is 1.48. The molecule has 0 amide bonds. The largest absolute Gasteiger partial charge is 0.493 e. The topological polar surface area (TPSA) is 105 Å². The lowest BCUT2D eigenvalue weighted by Gasteiger charge is -2.11. The molecule has 0 atom stereocenters. The Labute approximate surface area is 215 Å². The van der Waals surface area contributed by atoms with Crippen LogP contribution in [-0.4, -0.2) is 35.3 Å². The van der Waals surface area contributed by atoms with Crippen molar-refractivity contribution in [2.45, 2.75) is 20.8 Å². The first-order valence-electron chi connectivity index (χ1n) is 11.0. The van der Waals surface area contributed by atoms with Gasteiger partial charge in [-0.3, -0.25) is 4.79 Å². The molecule has 0 bridgehead atoms. The van der Waals surface area contributed by atoms with E-state index in [0.717, 1.165) is 17.4 Å². The van der Waals surface area contributed by atoms with E-state index in [0.29, 0.717) is 34.0 Å². The van der Waals surface area contributed by atoms with E-state index in [9.17, 15) is 14.4 Å². The van der Waals surface area contributed by atoms with Gasteiger partial charge in [0.15, 0.2) is 17.3 Å². The van der Waals surface area contributed by atoms with Crippen LogP contribution in [-0.2, 0) is 14.4 Å². The van der Waals surface area contributed by atoms with Crippen molar-refractivity contribution in [3.05, 3.63) is 91.3 Å². The second-order valence-corrected chi connectivity index (χ2v) is 7.99. The minimum atomic E-state index is -0.530. The number of ether oxygens (including phenoxy) is 3. The molecule has 37 heavy (non-hydrogen) atoms. The van der Waals surface area contributed by atoms with E-state index in [-0.39, 0.29) is 11.3 Å². The highest BCUT2D eigenvalue weighted by Crippen LogP contribution is 2.32. The molecule has 0 radical (unpaired) electrons. The first kappa shape index (κ1) is 28.4. The van der Waals surface area contributed by atoms with Crippen molar-refractivity contribution in [3.63, 3.8) is 0 Å². The van der Waals surface area contributed by atoms with E-state index in [1.807, 2.05) is 12.1 Å². The van der Waals surface area contributed by atoms with Gasteiger partial charge in [-0.2, -0.15) is 0 Å². The first-order valence-corrected chi connectivity index (χ1v) is 11.0. The molecule has 3 rings (SSSR count). The number of methoxy groups -OCH3 is 1. The molecule has 1 heterocycles. The van der Waals surface area contributed by atoms with Crippen LogP contribution in [0.15, 0.2) is 91.3 Å². The monoisotopic (exact) mass is 500 g/mol. The van der Waals surface area contributed by atoms with Gasteiger partial charge in [-0.05, 0) is 62.2 Å². The maximum absolute atomic E-state index is 11.8. The molecule has 0 N–H and O–H groups in total. The number of aromatic nitrogens is 2. The van der Waals surface area contributed by atoms with Gasteiger partial charge < -0.3 is 14.2 Å². The molecule has 1 aromatic heterocycles. The zero-order chi connectivity index (χ0) is 27.5. The molecule has 8 nitrogen and oxygen atoms in total. The van der Waals surface area contributed by atoms with Crippen molar-refractivity contribution in [2.24, 2.45) is 0 Å². The van der Waals surface area contributed by atoms with Gasteiger partial charge in [0.1, 0.15) is 12.0 Å². The van der Waals surface area contributed by atoms with Crippen molar-refractivity contribution < 1.29 is 28.6 Å². The molecule has 0 unspecified atom stereocenters. The van der Waals surface area contributed by atoms with Crippen LogP contribution in [0.25, 0.3) is 22.5 Å². The van der Waals surface area contributed by atoms with Crippen LogP contribution in [0, 0.1) is 0 Å². The fourth-order valence-corrected chi connectivity index (χ4v) is 2.61. The number of nitrogens with zero attached hydrogens (tertiary/aromatic N) is 2. The van der Waals surface area contributed by atoms with E-state index in [1.165, 1.54) is 7.11 Å². The third kappa shape index (κ3) is 8.40. The number of carbonyl (C=O) groups excluding carboxylic acids is 3. The fourth-order valence-electron chi connectivity index (χ4n) is 2.61. The summed E-state index contributed by atoms with van der Waals surface area (Å²) in [4.78, 5) is 41.7. The van der Waals surface area contributed by atoms with Crippen molar-refractivity contribution in [1.29, 1.82) is 0 Å². The fraction of sp³-hybridized carbons (Fsp3) is 0.138. The van der Waals surface area contributed by atoms with Gasteiger partial charge in [-0.15, -0.1) is 0 Å². The summed E-state index contributed by atoms with van der Waals surface area (Å²) in [6.45, 7) is 15.3. The van der Waals surface area contributed by atoms with Crippen LogP contribution in [0.2, 0.25) is 0 Å². The van der Waals surface area contributed by atoms with Gasteiger partial charge in [-0.1, -0.05) is 31.9 Å². The Morgan fingerprint density at radius 1 is 0.757 bits per heavy atom. The second-order valence-electron chi connectivity index (χ2n) is 7.99. The third-order valence-electron chi connectivity index (χ3n) is 4.57. The Hall–Kier alpha value is -4.85. The van der Waals surface area contributed by atoms with E-state index < -0.39 is 11.9 Å². The molecule has 0 aliphatic carbocycles. The van der Waals surface area contributed by atoms with Gasteiger partial charge in [0, 0.05) is 34.7 Å². The average Bonchev–Trinajstić information content (AvgIpc) is 2.89. The summed E-state index contributed by atoms with van der Waals surface area (Å²) in [5.41, 5.74) is 3.56. The highest BCUT2D eigenvalue weighted by atomic mass is 16.6. The van der Waals surface area contributed by atoms with Crippen molar-refractivity contribution >= 4 is 18.2 Å². The quantitative estimate of drug-likeness (QED) is 0.172. The highest BCUT2D eigenvalue weighted by molar-refractivity contribution is 5.89. The molecule has 0 saturated heterocycles. The molecular weight excluding hydrogens is 472 g/mol. The van der Waals surface area contributed by atoms with Crippen LogP contribution >= 0.6 is 0 Å². The summed E-state index contributed by atoms with van der Waals surface area (Å²) in [5, 5.41) is 0. The number of hydrogen-bond donors (Lipinski definition) is 0. The highest BCUT2D eigenvalue weighted by Gasteiger charge is 2.13. The lowest BCUT2D eigenvalue weighted by atomic mass is 10.1. The van der Waals surface area contributed by atoms with Crippen LogP contribution in [0.3, 0.4) is 0 Å².